The van der Waals surface area contributed by atoms with Gasteiger partial charge in [0.15, 0.2) is 0 Å². The van der Waals surface area contributed by atoms with E-state index < -0.39 is 0 Å². The standard InChI is InChI=1S/C12H26N2O/c1-7-14(9-8-13(5)6)11(15)10-12(2,3)4/h7-10H2,1-6H3. The topological polar surface area (TPSA) is 23.6 Å². The van der Waals surface area contributed by atoms with E-state index in [9.17, 15) is 4.79 Å². The summed E-state index contributed by atoms with van der Waals surface area (Å²) >= 11 is 0. The summed E-state index contributed by atoms with van der Waals surface area (Å²) in [7, 11) is 4.06. The second kappa shape index (κ2) is 6.11. The highest BCUT2D eigenvalue weighted by molar-refractivity contribution is 5.76. The molecule has 0 aromatic rings. The maximum absolute atomic E-state index is 11.9. The van der Waals surface area contributed by atoms with Gasteiger partial charge in [-0.15, -0.1) is 0 Å². The molecule has 0 radical (unpaired) electrons. The summed E-state index contributed by atoms with van der Waals surface area (Å²) in [4.78, 5) is 15.9. The summed E-state index contributed by atoms with van der Waals surface area (Å²) in [6.07, 6.45) is 0.633. The Bertz CT molecular complexity index is 194. The molecule has 3 nitrogen and oxygen atoms in total. The van der Waals surface area contributed by atoms with Crippen molar-refractivity contribution >= 4 is 5.91 Å². The molecule has 0 aliphatic rings. The quantitative estimate of drug-likeness (QED) is 0.697. The first-order valence-electron chi connectivity index (χ1n) is 5.69. The lowest BCUT2D eigenvalue weighted by molar-refractivity contribution is -0.133. The van der Waals surface area contributed by atoms with Crippen LogP contribution in [0.15, 0.2) is 0 Å². The van der Waals surface area contributed by atoms with Crippen molar-refractivity contribution in [2.75, 3.05) is 33.7 Å². The fourth-order valence-corrected chi connectivity index (χ4v) is 1.35. The van der Waals surface area contributed by atoms with Gasteiger partial charge in [-0.05, 0) is 26.4 Å². The highest BCUT2D eigenvalue weighted by Gasteiger charge is 2.19. The molecule has 0 spiro atoms. The van der Waals surface area contributed by atoms with Crippen molar-refractivity contribution in [3.8, 4) is 0 Å². The maximum Gasteiger partial charge on any atom is 0.223 e. The minimum absolute atomic E-state index is 0.0859. The van der Waals surface area contributed by atoms with E-state index >= 15 is 0 Å². The number of likely N-dealkylation sites (N-methyl/N-ethyl adjacent to an activating group) is 2. The van der Waals surface area contributed by atoms with Gasteiger partial charge in [-0.3, -0.25) is 4.79 Å². The first kappa shape index (κ1) is 14.4. The van der Waals surface area contributed by atoms with Gasteiger partial charge in [-0.1, -0.05) is 20.8 Å². The molecule has 0 rings (SSSR count). The zero-order valence-corrected chi connectivity index (χ0v) is 11.1. The molecule has 0 aromatic carbocycles. The lowest BCUT2D eigenvalue weighted by Gasteiger charge is -2.26. The van der Waals surface area contributed by atoms with Gasteiger partial charge in [0, 0.05) is 26.1 Å². The van der Waals surface area contributed by atoms with Gasteiger partial charge in [0.05, 0.1) is 0 Å². The molecule has 0 saturated heterocycles. The zero-order chi connectivity index (χ0) is 12.1. The Labute approximate surface area is 94.4 Å². The largest absolute Gasteiger partial charge is 0.342 e. The summed E-state index contributed by atoms with van der Waals surface area (Å²) < 4.78 is 0. The summed E-state index contributed by atoms with van der Waals surface area (Å²) in [5.74, 6) is 0.270. The molecule has 3 heteroatoms. The molecule has 0 aliphatic heterocycles. The normalized spacial score (nSPS) is 11.9. The zero-order valence-electron chi connectivity index (χ0n) is 11.1. The molecule has 0 unspecified atom stereocenters. The first-order valence-corrected chi connectivity index (χ1v) is 5.69. The minimum Gasteiger partial charge on any atom is -0.342 e. The van der Waals surface area contributed by atoms with Crippen molar-refractivity contribution in [2.24, 2.45) is 5.41 Å². The third-order valence-corrected chi connectivity index (χ3v) is 2.23. The van der Waals surface area contributed by atoms with Crippen molar-refractivity contribution in [1.29, 1.82) is 0 Å². The van der Waals surface area contributed by atoms with Crippen LogP contribution in [-0.2, 0) is 4.79 Å². The van der Waals surface area contributed by atoms with Gasteiger partial charge >= 0.3 is 0 Å². The van der Waals surface area contributed by atoms with Crippen molar-refractivity contribution in [2.45, 2.75) is 34.1 Å². The average Bonchev–Trinajstić information content (AvgIpc) is 2.01. The first-order chi connectivity index (χ1) is 6.76. The highest BCUT2D eigenvalue weighted by atomic mass is 16.2. The number of hydrogen-bond acceptors (Lipinski definition) is 2. The molecular formula is C12H26N2O. The van der Waals surface area contributed by atoms with Crippen LogP contribution >= 0.6 is 0 Å². The molecule has 0 saturated carbocycles. The third-order valence-electron chi connectivity index (χ3n) is 2.23. The molecule has 90 valence electrons. The van der Waals surface area contributed by atoms with E-state index in [1.807, 2.05) is 25.9 Å². The van der Waals surface area contributed by atoms with Gasteiger partial charge in [-0.25, -0.2) is 0 Å². The fourth-order valence-electron chi connectivity index (χ4n) is 1.35. The van der Waals surface area contributed by atoms with Crippen LogP contribution in [0.25, 0.3) is 0 Å². The van der Waals surface area contributed by atoms with Crippen LogP contribution in [0, 0.1) is 5.41 Å². The number of carbonyl (C=O) groups excluding carboxylic acids is 1. The summed E-state index contributed by atoms with van der Waals surface area (Å²) in [5, 5.41) is 0. The molecule has 0 aromatic heterocycles. The Morgan fingerprint density at radius 2 is 1.67 bits per heavy atom. The van der Waals surface area contributed by atoms with E-state index in [1.165, 1.54) is 0 Å². The molecule has 0 aliphatic carbocycles. The lowest BCUT2D eigenvalue weighted by Crippen LogP contribution is -2.38. The molecule has 15 heavy (non-hydrogen) atoms. The molecule has 0 N–H and O–H groups in total. The van der Waals surface area contributed by atoms with E-state index in [0.29, 0.717) is 6.42 Å². The van der Waals surface area contributed by atoms with Crippen LogP contribution in [-0.4, -0.2) is 49.4 Å². The SMILES string of the molecule is CCN(CCN(C)C)C(=O)CC(C)(C)C. The van der Waals surface area contributed by atoms with Crippen molar-refractivity contribution in [1.82, 2.24) is 9.80 Å². The number of rotatable bonds is 5. The number of carbonyl (C=O) groups is 1. The molecule has 1 amide bonds. The Hall–Kier alpha value is -0.570. The van der Waals surface area contributed by atoms with Gasteiger partial charge in [0.1, 0.15) is 0 Å². The second-order valence-corrected chi connectivity index (χ2v) is 5.51. The summed E-state index contributed by atoms with van der Waals surface area (Å²) in [6.45, 7) is 10.9. The van der Waals surface area contributed by atoms with Crippen LogP contribution in [0.2, 0.25) is 0 Å². The van der Waals surface area contributed by atoms with E-state index in [0.717, 1.165) is 19.6 Å². The van der Waals surface area contributed by atoms with E-state index in [4.69, 9.17) is 0 Å². The van der Waals surface area contributed by atoms with Gasteiger partial charge in [-0.2, -0.15) is 0 Å². The molecular weight excluding hydrogens is 188 g/mol. The van der Waals surface area contributed by atoms with Gasteiger partial charge in [0.2, 0.25) is 5.91 Å². The molecule has 0 atom stereocenters. The third kappa shape index (κ3) is 7.37. The van der Waals surface area contributed by atoms with Crippen LogP contribution in [0.3, 0.4) is 0 Å². The number of nitrogens with zero attached hydrogens (tertiary/aromatic N) is 2. The molecule has 0 fully saturated rings. The Morgan fingerprint density at radius 3 is 2.00 bits per heavy atom. The van der Waals surface area contributed by atoms with Crippen LogP contribution in [0.1, 0.15) is 34.1 Å². The van der Waals surface area contributed by atoms with E-state index in [1.54, 1.807) is 0 Å². The highest BCUT2D eigenvalue weighted by Crippen LogP contribution is 2.19. The monoisotopic (exact) mass is 214 g/mol. The van der Waals surface area contributed by atoms with Crippen molar-refractivity contribution < 1.29 is 4.79 Å². The van der Waals surface area contributed by atoms with Crippen LogP contribution in [0.4, 0.5) is 0 Å². The van der Waals surface area contributed by atoms with Gasteiger partial charge in [0.25, 0.3) is 0 Å². The van der Waals surface area contributed by atoms with Crippen LogP contribution in [0.5, 0.6) is 0 Å². The predicted molar refractivity (Wildman–Crippen MR) is 64.9 cm³/mol. The second-order valence-electron chi connectivity index (χ2n) is 5.51. The van der Waals surface area contributed by atoms with E-state index in [2.05, 4.69) is 25.7 Å². The number of hydrogen-bond donors (Lipinski definition) is 0. The van der Waals surface area contributed by atoms with Gasteiger partial charge < -0.3 is 9.80 Å². The summed E-state index contributed by atoms with van der Waals surface area (Å²) in [5.41, 5.74) is 0.0859. The Balaban J connectivity index is 4.11. The van der Waals surface area contributed by atoms with Crippen molar-refractivity contribution in [3.63, 3.8) is 0 Å². The molecule has 0 bridgehead atoms. The van der Waals surface area contributed by atoms with E-state index in [-0.39, 0.29) is 11.3 Å². The minimum atomic E-state index is 0.0859. The predicted octanol–water partition coefficient (Wildman–Crippen LogP) is 1.83. The summed E-state index contributed by atoms with van der Waals surface area (Å²) in [6, 6.07) is 0. The average molecular weight is 214 g/mol. The number of amides is 1. The Kier molecular flexibility index (Phi) is 5.88. The van der Waals surface area contributed by atoms with Crippen molar-refractivity contribution in [3.05, 3.63) is 0 Å². The molecule has 0 heterocycles. The van der Waals surface area contributed by atoms with Crippen LogP contribution < -0.4 is 0 Å². The fraction of sp³-hybridized carbons (Fsp3) is 0.917. The Morgan fingerprint density at radius 1 is 1.13 bits per heavy atom. The lowest BCUT2D eigenvalue weighted by atomic mass is 9.91. The smallest absolute Gasteiger partial charge is 0.223 e. The maximum atomic E-state index is 11.9.